The lowest BCUT2D eigenvalue weighted by Gasteiger charge is -2.34. The van der Waals surface area contributed by atoms with Crippen LogP contribution in [0.15, 0.2) is 71.7 Å². The van der Waals surface area contributed by atoms with Crippen molar-refractivity contribution in [1.82, 2.24) is 19.4 Å². The van der Waals surface area contributed by atoms with Gasteiger partial charge in [-0.3, -0.25) is 14.5 Å². The van der Waals surface area contributed by atoms with Crippen molar-refractivity contribution in [2.75, 3.05) is 39.3 Å². The van der Waals surface area contributed by atoms with Crippen LogP contribution in [-0.2, 0) is 18.3 Å². The summed E-state index contributed by atoms with van der Waals surface area (Å²) in [5.74, 6) is 1.02. The molecule has 2 aliphatic rings. The summed E-state index contributed by atoms with van der Waals surface area (Å²) < 4.78 is 7.65. The highest BCUT2D eigenvalue weighted by Crippen LogP contribution is 2.32. The second-order valence-corrected chi connectivity index (χ2v) is 10.6. The van der Waals surface area contributed by atoms with E-state index in [-0.39, 0.29) is 11.5 Å². The molecule has 7 nitrogen and oxygen atoms in total. The highest BCUT2D eigenvalue weighted by atomic mass is 16.5. The number of piperazine rings is 1. The van der Waals surface area contributed by atoms with E-state index in [1.807, 2.05) is 48.5 Å². The quantitative estimate of drug-likeness (QED) is 0.326. The first-order valence-corrected chi connectivity index (χ1v) is 14.0. The minimum atomic E-state index is 0.0737. The van der Waals surface area contributed by atoms with E-state index in [1.54, 1.807) is 4.57 Å². The highest BCUT2D eigenvalue weighted by molar-refractivity contribution is 5.89. The van der Waals surface area contributed by atoms with Gasteiger partial charge >= 0.3 is 0 Å². The fourth-order valence-electron chi connectivity index (χ4n) is 5.65. The number of aromatic nitrogens is 2. The molecule has 2 aromatic heterocycles. The summed E-state index contributed by atoms with van der Waals surface area (Å²) in [6.45, 7) is 6.40. The van der Waals surface area contributed by atoms with Crippen molar-refractivity contribution in [3.8, 4) is 28.1 Å². The smallest absolute Gasteiger partial charge is 0.254 e. The standard InChI is InChI=1S/C33H34N4O3/c1-3-15-37-17-16-36(22-32(37)38)18-19-40-26-11-7-23(8-12-26)30-14-10-25-20-24(9-13-31(25)34-30)29-21-35(2)33(39)28-6-4-5-27(28)29/h4-5,7-14,20-21H,3,6,15-19,22H2,1-2H3. The number of nitrogens with zero attached hydrogens (tertiary/aromatic N) is 4. The number of rotatable bonds is 8. The van der Waals surface area contributed by atoms with Gasteiger partial charge in [0.05, 0.1) is 17.8 Å². The van der Waals surface area contributed by atoms with Crippen LogP contribution >= 0.6 is 0 Å². The molecular formula is C33H34N4O3. The highest BCUT2D eigenvalue weighted by Gasteiger charge is 2.23. The van der Waals surface area contributed by atoms with Gasteiger partial charge in [0.1, 0.15) is 12.4 Å². The molecule has 0 radical (unpaired) electrons. The SMILES string of the molecule is CCCN1CCN(CCOc2ccc(-c3ccc4cc(-c5cn(C)c(=O)c6c5C=CC6)ccc4n3)cc2)CC1=O. The third-order valence-electron chi connectivity index (χ3n) is 7.84. The van der Waals surface area contributed by atoms with Crippen LogP contribution in [0.3, 0.4) is 0 Å². The van der Waals surface area contributed by atoms with Crippen LogP contribution in [0, 0.1) is 0 Å². The van der Waals surface area contributed by atoms with Gasteiger partial charge in [-0.1, -0.05) is 31.2 Å². The summed E-state index contributed by atoms with van der Waals surface area (Å²) in [4.78, 5) is 33.8. The zero-order valence-corrected chi connectivity index (χ0v) is 23.1. The molecule has 2 aromatic carbocycles. The minimum absolute atomic E-state index is 0.0737. The van der Waals surface area contributed by atoms with E-state index in [2.05, 4.69) is 48.2 Å². The molecule has 0 unspecified atom stereocenters. The average Bonchev–Trinajstić information content (AvgIpc) is 3.47. The molecule has 7 heteroatoms. The van der Waals surface area contributed by atoms with Crippen LogP contribution in [0.4, 0.5) is 0 Å². The van der Waals surface area contributed by atoms with Crippen molar-refractivity contribution in [3.05, 3.63) is 88.4 Å². The molecule has 0 N–H and O–H groups in total. The van der Waals surface area contributed by atoms with Gasteiger partial charge in [0.15, 0.2) is 0 Å². The van der Waals surface area contributed by atoms with E-state index in [0.29, 0.717) is 19.6 Å². The molecule has 0 bridgehead atoms. The van der Waals surface area contributed by atoms with Crippen LogP contribution < -0.4 is 10.3 Å². The number of hydrogen-bond donors (Lipinski definition) is 0. The lowest BCUT2D eigenvalue weighted by molar-refractivity contribution is -0.136. The molecule has 0 atom stereocenters. The molecular weight excluding hydrogens is 500 g/mol. The largest absolute Gasteiger partial charge is 0.492 e. The first kappa shape index (κ1) is 26.0. The van der Waals surface area contributed by atoms with Crippen molar-refractivity contribution < 1.29 is 9.53 Å². The summed E-state index contributed by atoms with van der Waals surface area (Å²) in [5.41, 5.74) is 6.96. The summed E-state index contributed by atoms with van der Waals surface area (Å²) in [5, 5.41) is 1.06. The van der Waals surface area contributed by atoms with E-state index >= 15 is 0 Å². The van der Waals surface area contributed by atoms with Crippen molar-refractivity contribution >= 4 is 22.9 Å². The molecule has 40 heavy (non-hydrogen) atoms. The Hall–Kier alpha value is -4.23. The third-order valence-corrected chi connectivity index (χ3v) is 7.84. The molecule has 4 aromatic rings. The molecule has 1 fully saturated rings. The van der Waals surface area contributed by atoms with Crippen LogP contribution in [0.5, 0.6) is 5.75 Å². The van der Waals surface area contributed by atoms with Crippen LogP contribution in [-0.4, -0.2) is 64.6 Å². The second-order valence-electron chi connectivity index (χ2n) is 10.6. The summed E-state index contributed by atoms with van der Waals surface area (Å²) >= 11 is 0. The molecule has 0 spiro atoms. The summed E-state index contributed by atoms with van der Waals surface area (Å²) in [6.07, 6.45) is 7.73. The lowest BCUT2D eigenvalue weighted by atomic mass is 9.98. The summed E-state index contributed by atoms with van der Waals surface area (Å²) in [6, 6.07) is 18.4. The fourth-order valence-corrected chi connectivity index (χ4v) is 5.65. The van der Waals surface area contributed by atoms with Gasteiger partial charge in [-0.15, -0.1) is 0 Å². The van der Waals surface area contributed by atoms with Crippen LogP contribution in [0.25, 0.3) is 39.4 Å². The predicted octanol–water partition coefficient (Wildman–Crippen LogP) is 4.77. The van der Waals surface area contributed by atoms with E-state index < -0.39 is 0 Å². The Morgan fingerprint density at radius 2 is 1.77 bits per heavy atom. The molecule has 1 saturated heterocycles. The maximum Gasteiger partial charge on any atom is 0.254 e. The molecule has 1 aliphatic heterocycles. The second kappa shape index (κ2) is 11.1. The molecule has 1 aliphatic carbocycles. The van der Waals surface area contributed by atoms with E-state index in [9.17, 15) is 9.59 Å². The van der Waals surface area contributed by atoms with Gasteiger partial charge in [-0.25, -0.2) is 4.98 Å². The zero-order valence-electron chi connectivity index (χ0n) is 23.1. The molecule has 3 heterocycles. The Morgan fingerprint density at radius 3 is 2.58 bits per heavy atom. The number of carbonyl (C=O) groups excluding carboxylic acids is 1. The maximum atomic E-state index is 12.5. The number of fused-ring (bicyclic) bond motifs is 2. The molecule has 6 rings (SSSR count). The minimum Gasteiger partial charge on any atom is -0.492 e. The molecule has 1 amide bonds. The summed E-state index contributed by atoms with van der Waals surface area (Å²) in [7, 11) is 1.81. The van der Waals surface area contributed by atoms with Gasteiger partial charge in [0, 0.05) is 61.5 Å². The van der Waals surface area contributed by atoms with Gasteiger partial charge in [0.2, 0.25) is 5.91 Å². The van der Waals surface area contributed by atoms with Gasteiger partial charge in [0.25, 0.3) is 5.56 Å². The number of carbonyl (C=O) groups is 1. The maximum absolute atomic E-state index is 12.5. The number of allylic oxidation sites excluding steroid dienone is 1. The number of pyridine rings is 2. The molecule has 204 valence electrons. The number of hydrogen-bond acceptors (Lipinski definition) is 5. The Kier molecular flexibility index (Phi) is 7.22. The number of aryl methyl sites for hydroxylation is 1. The van der Waals surface area contributed by atoms with E-state index in [4.69, 9.17) is 9.72 Å². The monoisotopic (exact) mass is 534 g/mol. The Bertz CT molecular complexity index is 1660. The van der Waals surface area contributed by atoms with Gasteiger partial charge < -0.3 is 14.2 Å². The first-order valence-electron chi connectivity index (χ1n) is 14.0. The van der Waals surface area contributed by atoms with Crippen molar-refractivity contribution in [2.45, 2.75) is 19.8 Å². The van der Waals surface area contributed by atoms with Crippen LogP contribution in [0.1, 0.15) is 24.5 Å². The normalized spacial score (nSPS) is 15.2. The topological polar surface area (TPSA) is 67.7 Å². The Balaban J connectivity index is 1.11. The first-order chi connectivity index (χ1) is 19.5. The molecule has 0 saturated carbocycles. The third kappa shape index (κ3) is 5.17. The average molecular weight is 535 g/mol. The number of benzene rings is 2. The van der Waals surface area contributed by atoms with Crippen molar-refractivity contribution in [1.29, 1.82) is 0 Å². The van der Waals surface area contributed by atoms with Crippen molar-refractivity contribution in [2.24, 2.45) is 7.05 Å². The predicted molar refractivity (Wildman–Crippen MR) is 159 cm³/mol. The van der Waals surface area contributed by atoms with Crippen molar-refractivity contribution in [3.63, 3.8) is 0 Å². The zero-order chi connectivity index (χ0) is 27.6. The lowest BCUT2D eigenvalue weighted by Crippen LogP contribution is -2.51. The van der Waals surface area contributed by atoms with Crippen LogP contribution in [0.2, 0.25) is 0 Å². The van der Waals surface area contributed by atoms with Gasteiger partial charge in [-0.05, 0) is 66.4 Å². The number of amides is 1. The van der Waals surface area contributed by atoms with E-state index in [1.165, 1.54) is 0 Å². The number of ether oxygens (including phenoxy) is 1. The fraction of sp³-hybridized carbons (Fsp3) is 0.303. The Labute approximate surface area is 234 Å². The van der Waals surface area contributed by atoms with E-state index in [0.717, 1.165) is 82.8 Å². The van der Waals surface area contributed by atoms with Gasteiger partial charge in [-0.2, -0.15) is 0 Å². The Morgan fingerprint density at radius 1 is 0.950 bits per heavy atom.